The van der Waals surface area contributed by atoms with Crippen molar-refractivity contribution in [2.24, 2.45) is 5.92 Å². The molecule has 0 radical (unpaired) electrons. The number of carbonyl (C=O) groups is 3. The molecule has 2 saturated heterocycles. The Morgan fingerprint density at radius 2 is 2.12 bits per heavy atom. The number of likely N-dealkylation sites (tertiary alicyclic amines) is 2. The minimum Gasteiger partial charge on any atom is -0.481 e. The van der Waals surface area contributed by atoms with Crippen molar-refractivity contribution in [3.8, 4) is 0 Å². The van der Waals surface area contributed by atoms with Crippen LogP contribution < -0.4 is 0 Å². The van der Waals surface area contributed by atoms with E-state index in [9.17, 15) is 19.5 Å². The van der Waals surface area contributed by atoms with E-state index < -0.39 is 17.4 Å². The summed E-state index contributed by atoms with van der Waals surface area (Å²) in [6, 6.07) is 1.58. The van der Waals surface area contributed by atoms with Crippen LogP contribution in [0.25, 0.3) is 0 Å². The number of carbonyl (C=O) groups excluding carboxylic acids is 2. The summed E-state index contributed by atoms with van der Waals surface area (Å²) < 4.78 is 4.98. The number of carboxylic acid groups (broad SMARTS) is 1. The third-order valence-electron chi connectivity index (χ3n) is 5.47. The SMILES string of the molecule is CN1C(=O)C[C@H](C(=O)O)C12CCN(C(=O)CCc1cc(Cl)no1)CC2. The fourth-order valence-corrected chi connectivity index (χ4v) is 4.08. The lowest BCUT2D eigenvalue weighted by Crippen LogP contribution is -2.56. The first-order valence-corrected chi connectivity index (χ1v) is 8.59. The molecule has 9 heteroatoms. The highest BCUT2D eigenvalue weighted by atomic mass is 35.5. The molecule has 1 N–H and O–H groups in total. The topological polar surface area (TPSA) is 104 Å². The number of aromatic nitrogens is 1. The smallest absolute Gasteiger partial charge is 0.309 e. The van der Waals surface area contributed by atoms with Crippen molar-refractivity contribution in [1.82, 2.24) is 15.0 Å². The Balaban J connectivity index is 1.60. The number of carboxylic acids is 1. The Morgan fingerprint density at radius 1 is 1.44 bits per heavy atom. The summed E-state index contributed by atoms with van der Waals surface area (Å²) in [6.07, 6.45) is 1.68. The second kappa shape index (κ2) is 6.67. The molecular formula is C16H20ClN3O5. The molecule has 0 unspecified atom stereocenters. The van der Waals surface area contributed by atoms with Crippen molar-refractivity contribution in [2.75, 3.05) is 20.1 Å². The van der Waals surface area contributed by atoms with E-state index in [2.05, 4.69) is 5.16 Å². The van der Waals surface area contributed by atoms with Gasteiger partial charge in [0.15, 0.2) is 5.15 Å². The summed E-state index contributed by atoms with van der Waals surface area (Å²) in [5, 5.41) is 13.3. The molecule has 0 saturated carbocycles. The van der Waals surface area contributed by atoms with Crippen LogP contribution in [0.1, 0.15) is 31.4 Å². The molecule has 1 aromatic heterocycles. The van der Waals surface area contributed by atoms with Gasteiger partial charge in [0.25, 0.3) is 0 Å². The number of hydrogen-bond donors (Lipinski definition) is 1. The summed E-state index contributed by atoms with van der Waals surface area (Å²) in [4.78, 5) is 39.2. The van der Waals surface area contributed by atoms with Crippen molar-refractivity contribution >= 4 is 29.4 Å². The van der Waals surface area contributed by atoms with Crippen molar-refractivity contribution in [3.05, 3.63) is 17.0 Å². The molecule has 2 aliphatic rings. The van der Waals surface area contributed by atoms with Gasteiger partial charge in [-0.2, -0.15) is 0 Å². The highest BCUT2D eigenvalue weighted by molar-refractivity contribution is 6.29. The molecule has 1 atom stereocenters. The van der Waals surface area contributed by atoms with Crippen LogP contribution in [0.4, 0.5) is 0 Å². The molecule has 0 aromatic carbocycles. The maximum absolute atomic E-state index is 12.4. The molecular weight excluding hydrogens is 350 g/mol. The molecule has 1 aromatic rings. The molecule has 2 aliphatic heterocycles. The van der Waals surface area contributed by atoms with E-state index in [0.717, 1.165) is 0 Å². The number of piperidine rings is 1. The molecule has 136 valence electrons. The second-order valence-corrected chi connectivity index (χ2v) is 7.04. The number of aryl methyl sites for hydroxylation is 1. The van der Waals surface area contributed by atoms with E-state index in [0.29, 0.717) is 38.1 Å². The summed E-state index contributed by atoms with van der Waals surface area (Å²) in [7, 11) is 1.66. The van der Waals surface area contributed by atoms with E-state index in [1.54, 1.807) is 22.9 Å². The Morgan fingerprint density at radius 3 is 2.68 bits per heavy atom. The number of nitrogens with zero attached hydrogens (tertiary/aromatic N) is 3. The van der Waals surface area contributed by atoms with Gasteiger partial charge in [-0.15, -0.1) is 0 Å². The Labute approximate surface area is 149 Å². The van der Waals surface area contributed by atoms with Gasteiger partial charge < -0.3 is 19.4 Å². The largest absolute Gasteiger partial charge is 0.481 e. The number of hydrogen-bond acceptors (Lipinski definition) is 5. The van der Waals surface area contributed by atoms with Crippen molar-refractivity contribution < 1.29 is 24.0 Å². The molecule has 1 spiro atoms. The fraction of sp³-hybridized carbons (Fsp3) is 0.625. The normalized spacial score (nSPS) is 22.6. The molecule has 8 nitrogen and oxygen atoms in total. The minimum absolute atomic E-state index is 0.0266. The monoisotopic (exact) mass is 369 g/mol. The van der Waals surface area contributed by atoms with Crippen LogP contribution in [0.3, 0.4) is 0 Å². The van der Waals surface area contributed by atoms with Gasteiger partial charge in [-0.3, -0.25) is 14.4 Å². The number of amides is 2. The van der Waals surface area contributed by atoms with Crippen LogP contribution in [-0.2, 0) is 20.8 Å². The zero-order valence-corrected chi connectivity index (χ0v) is 14.7. The van der Waals surface area contributed by atoms with Gasteiger partial charge in [0.1, 0.15) is 5.76 Å². The Kier molecular flexibility index (Phi) is 4.73. The van der Waals surface area contributed by atoms with Gasteiger partial charge in [0, 0.05) is 45.5 Å². The average molecular weight is 370 g/mol. The maximum atomic E-state index is 12.4. The van der Waals surface area contributed by atoms with Crippen molar-refractivity contribution in [1.29, 1.82) is 0 Å². The first kappa shape index (κ1) is 17.7. The second-order valence-electron chi connectivity index (χ2n) is 6.65. The third kappa shape index (κ3) is 3.22. The summed E-state index contributed by atoms with van der Waals surface area (Å²) in [5.41, 5.74) is -0.682. The quantitative estimate of drug-likeness (QED) is 0.854. The first-order chi connectivity index (χ1) is 11.8. The van der Waals surface area contributed by atoms with Crippen LogP contribution in [-0.4, -0.2) is 63.5 Å². The van der Waals surface area contributed by atoms with Gasteiger partial charge in [-0.25, -0.2) is 0 Å². The molecule has 0 bridgehead atoms. The van der Waals surface area contributed by atoms with E-state index in [1.165, 1.54) is 0 Å². The van der Waals surface area contributed by atoms with Crippen LogP contribution in [0, 0.1) is 5.92 Å². The molecule has 0 aliphatic carbocycles. The van der Waals surface area contributed by atoms with Crippen molar-refractivity contribution in [2.45, 2.75) is 37.6 Å². The molecule has 25 heavy (non-hydrogen) atoms. The van der Waals surface area contributed by atoms with E-state index in [4.69, 9.17) is 16.1 Å². The summed E-state index contributed by atoms with van der Waals surface area (Å²) >= 11 is 5.68. The van der Waals surface area contributed by atoms with Gasteiger partial charge >= 0.3 is 5.97 Å². The van der Waals surface area contributed by atoms with E-state index >= 15 is 0 Å². The number of aliphatic carboxylic acids is 1. The zero-order valence-electron chi connectivity index (χ0n) is 13.9. The molecule has 3 rings (SSSR count). The lowest BCUT2D eigenvalue weighted by atomic mass is 9.77. The Bertz CT molecular complexity index is 696. The standard InChI is InChI=1S/C16H20ClN3O5/c1-19-14(22)9-11(15(23)24)16(19)4-6-20(7-5-16)13(21)3-2-10-8-12(17)18-25-10/h8,11H,2-7,9H2,1H3,(H,23,24)/t11-/m1/s1. The molecule has 2 amide bonds. The predicted molar refractivity (Wildman–Crippen MR) is 86.9 cm³/mol. The number of rotatable bonds is 4. The average Bonchev–Trinajstić information content (AvgIpc) is 3.10. The van der Waals surface area contributed by atoms with Gasteiger partial charge in [-0.05, 0) is 12.8 Å². The highest BCUT2D eigenvalue weighted by Gasteiger charge is 2.55. The van der Waals surface area contributed by atoms with E-state index in [-0.39, 0.29) is 29.8 Å². The molecule has 3 heterocycles. The Hall–Kier alpha value is -2.09. The number of halogens is 1. The third-order valence-corrected chi connectivity index (χ3v) is 5.64. The van der Waals surface area contributed by atoms with Gasteiger partial charge in [0.2, 0.25) is 11.8 Å². The van der Waals surface area contributed by atoms with Gasteiger partial charge in [-0.1, -0.05) is 16.8 Å². The zero-order chi connectivity index (χ0) is 18.2. The van der Waals surface area contributed by atoms with Crippen LogP contribution in [0.5, 0.6) is 0 Å². The lowest BCUT2D eigenvalue weighted by Gasteiger charge is -2.45. The van der Waals surface area contributed by atoms with Crippen LogP contribution >= 0.6 is 11.6 Å². The lowest BCUT2D eigenvalue weighted by molar-refractivity contribution is -0.147. The summed E-state index contributed by atoms with van der Waals surface area (Å²) in [6.45, 7) is 0.884. The van der Waals surface area contributed by atoms with Gasteiger partial charge in [0.05, 0.1) is 11.5 Å². The summed E-state index contributed by atoms with van der Waals surface area (Å²) in [5.74, 6) is -1.27. The highest BCUT2D eigenvalue weighted by Crippen LogP contribution is 2.42. The predicted octanol–water partition coefficient (Wildman–Crippen LogP) is 1.18. The minimum atomic E-state index is -0.945. The van der Waals surface area contributed by atoms with Crippen LogP contribution in [0.2, 0.25) is 5.15 Å². The van der Waals surface area contributed by atoms with Crippen LogP contribution in [0.15, 0.2) is 10.6 Å². The van der Waals surface area contributed by atoms with E-state index in [1.807, 2.05) is 0 Å². The fourth-order valence-electron chi connectivity index (χ4n) is 3.92. The van der Waals surface area contributed by atoms with Crippen molar-refractivity contribution in [3.63, 3.8) is 0 Å². The first-order valence-electron chi connectivity index (χ1n) is 8.22. The maximum Gasteiger partial charge on any atom is 0.309 e. The molecule has 2 fully saturated rings.